The lowest BCUT2D eigenvalue weighted by Gasteiger charge is -2.25. The zero-order valence-electron chi connectivity index (χ0n) is 17.4. The van der Waals surface area contributed by atoms with Crippen molar-refractivity contribution < 1.29 is 19.1 Å². The maximum atomic E-state index is 12.6. The van der Waals surface area contributed by atoms with Gasteiger partial charge in [-0.25, -0.2) is 9.78 Å². The van der Waals surface area contributed by atoms with E-state index in [1.165, 1.54) is 22.7 Å². The van der Waals surface area contributed by atoms with E-state index in [0.29, 0.717) is 41.5 Å². The zero-order chi connectivity index (χ0) is 22.5. The minimum Gasteiger partial charge on any atom is -0.462 e. The molecule has 0 aliphatic carbocycles. The Morgan fingerprint density at radius 2 is 2.03 bits per heavy atom. The molecule has 4 rings (SSSR count). The average Bonchev–Trinajstić information content (AvgIpc) is 3.43. The summed E-state index contributed by atoms with van der Waals surface area (Å²) in [4.78, 5) is 44.6. The number of hydrogen-bond acceptors (Lipinski definition) is 8. The molecule has 3 aromatic rings. The minimum absolute atomic E-state index is 0.172. The number of rotatable bonds is 7. The Bertz CT molecular complexity index is 1130. The van der Waals surface area contributed by atoms with Crippen molar-refractivity contribution >= 4 is 51.3 Å². The first kappa shape index (κ1) is 22.1. The standard InChI is InChI=1S/C22H22N4O4S2/c1-2-30-21(29)15-5-3-4-6-16(15)23-19(27)12-26-9-7-17-18(11-26)32-22(24-17)25-20(28)14-8-10-31-13-14/h3-6,8,10,13H,2,7,9,11-12H2,1H3,(H,23,27)(H,24,25,28). The molecule has 1 aliphatic rings. The Hall–Kier alpha value is -3.08. The molecule has 2 aromatic heterocycles. The quantitative estimate of drug-likeness (QED) is 0.512. The molecule has 1 aliphatic heterocycles. The van der Waals surface area contributed by atoms with Crippen molar-refractivity contribution in [3.63, 3.8) is 0 Å². The van der Waals surface area contributed by atoms with Crippen LogP contribution in [0.25, 0.3) is 0 Å². The molecule has 3 heterocycles. The number of thiophene rings is 1. The third kappa shape index (κ3) is 5.21. The van der Waals surface area contributed by atoms with Crippen molar-refractivity contribution in [2.45, 2.75) is 19.9 Å². The Morgan fingerprint density at radius 3 is 2.81 bits per heavy atom. The predicted molar refractivity (Wildman–Crippen MR) is 124 cm³/mol. The molecule has 0 spiro atoms. The van der Waals surface area contributed by atoms with Gasteiger partial charge in [-0.05, 0) is 30.5 Å². The van der Waals surface area contributed by atoms with Crippen molar-refractivity contribution in [3.8, 4) is 0 Å². The number of ether oxygens (including phenoxy) is 1. The topological polar surface area (TPSA) is 101 Å². The lowest BCUT2D eigenvalue weighted by Crippen LogP contribution is -2.37. The van der Waals surface area contributed by atoms with Crippen molar-refractivity contribution in [1.29, 1.82) is 0 Å². The first-order valence-electron chi connectivity index (χ1n) is 10.1. The van der Waals surface area contributed by atoms with Crippen LogP contribution in [0.1, 0.15) is 38.2 Å². The van der Waals surface area contributed by atoms with Crippen LogP contribution in [-0.2, 0) is 22.5 Å². The van der Waals surface area contributed by atoms with E-state index in [9.17, 15) is 14.4 Å². The molecule has 0 unspecified atom stereocenters. The summed E-state index contributed by atoms with van der Waals surface area (Å²) in [6, 6.07) is 8.57. The lowest BCUT2D eigenvalue weighted by molar-refractivity contribution is -0.117. The van der Waals surface area contributed by atoms with Crippen LogP contribution in [0.4, 0.5) is 10.8 Å². The van der Waals surface area contributed by atoms with Gasteiger partial charge in [0, 0.05) is 29.8 Å². The highest BCUT2D eigenvalue weighted by Gasteiger charge is 2.24. The van der Waals surface area contributed by atoms with E-state index in [4.69, 9.17) is 4.74 Å². The number of fused-ring (bicyclic) bond motifs is 1. The van der Waals surface area contributed by atoms with Crippen LogP contribution < -0.4 is 10.6 Å². The normalized spacial score (nSPS) is 13.3. The first-order chi connectivity index (χ1) is 15.5. The molecule has 0 bridgehead atoms. The molecule has 0 radical (unpaired) electrons. The Balaban J connectivity index is 1.36. The number of aromatic nitrogens is 1. The van der Waals surface area contributed by atoms with Gasteiger partial charge in [0.2, 0.25) is 5.91 Å². The summed E-state index contributed by atoms with van der Waals surface area (Å²) in [5.41, 5.74) is 2.34. The molecule has 2 amide bonds. The molecule has 8 nitrogen and oxygen atoms in total. The molecule has 10 heteroatoms. The molecule has 166 valence electrons. The van der Waals surface area contributed by atoms with Gasteiger partial charge in [0.1, 0.15) is 0 Å². The summed E-state index contributed by atoms with van der Waals surface area (Å²) in [5.74, 6) is -0.845. The minimum atomic E-state index is -0.465. The van der Waals surface area contributed by atoms with Gasteiger partial charge in [-0.15, -0.1) is 11.3 Å². The molecule has 0 atom stereocenters. The molecule has 2 N–H and O–H groups in total. The van der Waals surface area contributed by atoms with E-state index in [1.54, 1.807) is 42.6 Å². The summed E-state index contributed by atoms with van der Waals surface area (Å²) >= 11 is 2.90. The number of carbonyl (C=O) groups is 3. The van der Waals surface area contributed by atoms with E-state index in [-0.39, 0.29) is 25.0 Å². The van der Waals surface area contributed by atoms with Gasteiger partial charge < -0.3 is 10.1 Å². The van der Waals surface area contributed by atoms with Crippen LogP contribution in [0.15, 0.2) is 41.1 Å². The fourth-order valence-corrected chi connectivity index (χ4v) is 5.05. The second kappa shape index (κ2) is 10.0. The Labute approximate surface area is 193 Å². The van der Waals surface area contributed by atoms with Gasteiger partial charge in [-0.3, -0.25) is 19.8 Å². The number of amides is 2. The summed E-state index contributed by atoms with van der Waals surface area (Å²) in [5, 5.41) is 9.89. The maximum absolute atomic E-state index is 12.6. The second-order valence-corrected chi connectivity index (χ2v) is 8.99. The van der Waals surface area contributed by atoms with Crippen LogP contribution in [-0.4, -0.2) is 47.4 Å². The number of benzene rings is 1. The number of nitrogens with one attached hydrogen (secondary N) is 2. The van der Waals surface area contributed by atoms with Crippen molar-refractivity contribution in [2.24, 2.45) is 0 Å². The molecule has 1 aromatic carbocycles. The summed E-state index contributed by atoms with van der Waals surface area (Å²) in [7, 11) is 0. The van der Waals surface area contributed by atoms with Gasteiger partial charge in [-0.2, -0.15) is 11.3 Å². The number of nitrogens with zero attached hydrogens (tertiary/aromatic N) is 2. The van der Waals surface area contributed by atoms with Gasteiger partial charge >= 0.3 is 5.97 Å². The highest BCUT2D eigenvalue weighted by Crippen LogP contribution is 2.29. The van der Waals surface area contributed by atoms with Gasteiger partial charge in [0.05, 0.1) is 35.7 Å². The molecular formula is C22H22N4O4S2. The lowest BCUT2D eigenvalue weighted by atomic mass is 10.1. The molecule has 0 saturated heterocycles. The Kier molecular flexibility index (Phi) is 6.93. The fraction of sp³-hybridized carbons (Fsp3) is 0.273. The number of anilines is 2. The summed E-state index contributed by atoms with van der Waals surface area (Å²) in [6.07, 6.45) is 0.701. The van der Waals surface area contributed by atoms with Crippen LogP contribution in [0.3, 0.4) is 0 Å². The number of esters is 1. The van der Waals surface area contributed by atoms with Crippen LogP contribution in [0, 0.1) is 0 Å². The molecule has 0 fully saturated rings. The number of carbonyl (C=O) groups excluding carboxylic acids is 3. The van der Waals surface area contributed by atoms with E-state index in [1.807, 2.05) is 10.3 Å². The van der Waals surface area contributed by atoms with E-state index in [2.05, 4.69) is 15.6 Å². The van der Waals surface area contributed by atoms with Gasteiger partial charge in [0.25, 0.3) is 5.91 Å². The van der Waals surface area contributed by atoms with E-state index in [0.717, 1.165) is 10.6 Å². The Morgan fingerprint density at radius 1 is 1.19 bits per heavy atom. The summed E-state index contributed by atoms with van der Waals surface area (Å²) < 4.78 is 5.06. The van der Waals surface area contributed by atoms with Crippen LogP contribution >= 0.6 is 22.7 Å². The SMILES string of the molecule is CCOC(=O)c1ccccc1NC(=O)CN1CCc2nc(NC(=O)c3ccsc3)sc2C1. The average molecular weight is 471 g/mol. The van der Waals surface area contributed by atoms with E-state index < -0.39 is 5.97 Å². The fourth-order valence-electron chi connectivity index (χ4n) is 3.37. The van der Waals surface area contributed by atoms with Crippen molar-refractivity contribution in [2.75, 3.05) is 30.3 Å². The largest absolute Gasteiger partial charge is 0.462 e. The highest BCUT2D eigenvalue weighted by molar-refractivity contribution is 7.16. The van der Waals surface area contributed by atoms with Crippen molar-refractivity contribution in [1.82, 2.24) is 9.88 Å². The first-order valence-corrected chi connectivity index (χ1v) is 11.9. The smallest absolute Gasteiger partial charge is 0.340 e. The van der Waals surface area contributed by atoms with Crippen molar-refractivity contribution in [3.05, 3.63) is 62.8 Å². The third-order valence-corrected chi connectivity index (χ3v) is 6.56. The maximum Gasteiger partial charge on any atom is 0.340 e. The molecule has 0 saturated carbocycles. The third-order valence-electron chi connectivity index (χ3n) is 4.88. The van der Waals surface area contributed by atoms with Gasteiger partial charge in [0.15, 0.2) is 5.13 Å². The predicted octanol–water partition coefficient (Wildman–Crippen LogP) is 3.63. The monoisotopic (exact) mass is 470 g/mol. The van der Waals surface area contributed by atoms with Gasteiger partial charge in [-0.1, -0.05) is 12.1 Å². The van der Waals surface area contributed by atoms with Crippen LogP contribution in [0.2, 0.25) is 0 Å². The zero-order valence-corrected chi connectivity index (χ0v) is 19.1. The molecule has 32 heavy (non-hydrogen) atoms. The molecular weight excluding hydrogens is 448 g/mol. The van der Waals surface area contributed by atoms with Crippen LogP contribution in [0.5, 0.6) is 0 Å². The highest BCUT2D eigenvalue weighted by atomic mass is 32.1. The number of hydrogen-bond donors (Lipinski definition) is 2. The second-order valence-electron chi connectivity index (χ2n) is 7.13. The number of para-hydroxylation sites is 1. The number of thiazole rings is 1. The van der Waals surface area contributed by atoms with E-state index >= 15 is 0 Å². The summed E-state index contributed by atoms with van der Waals surface area (Å²) in [6.45, 7) is 3.45.